The standard InChI is InChI=1S/C26H40N2O3/c1-20(27-2)25(29)18-24(22-12-7-4-8-13-22)26(30)28-16-9-14-23(28)15-17-31-19-21-10-5-3-6-11-21/h3,5-6,10-11,20,22-24,27H,4,7-9,12-19H2,1-2H3/t20-,23?,24-/m0/s1. The van der Waals surface area contributed by atoms with E-state index in [1.54, 1.807) is 0 Å². The summed E-state index contributed by atoms with van der Waals surface area (Å²) in [6, 6.07) is 10.3. The maximum atomic E-state index is 13.7. The summed E-state index contributed by atoms with van der Waals surface area (Å²) in [6.45, 7) is 3.99. The summed E-state index contributed by atoms with van der Waals surface area (Å²) in [6.07, 6.45) is 9.11. The van der Waals surface area contributed by atoms with Crippen LogP contribution < -0.4 is 5.32 Å². The van der Waals surface area contributed by atoms with Gasteiger partial charge in [-0.2, -0.15) is 0 Å². The minimum atomic E-state index is -0.195. The van der Waals surface area contributed by atoms with E-state index in [1.807, 2.05) is 32.2 Å². The molecule has 1 aromatic carbocycles. The third-order valence-electron chi connectivity index (χ3n) is 7.24. The zero-order valence-corrected chi connectivity index (χ0v) is 19.4. The quantitative estimate of drug-likeness (QED) is 0.533. The lowest BCUT2D eigenvalue weighted by atomic mass is 9.76. The van der Waals surface area contributed by atoms with Crippen molar-refractivity contribution in [3.8, 4) is 0 Å². The van der Waals surface area contributed by atoms with Gasteiger partial charge < -0.3 is 15.0 Å². The van der Waals surface area contributed by atoms with Crippen LogP contribution in [-0.4, -0.2) is 48.9 Å². The third-order valence-corrected chi connectivity index (χ3v) is 7.24. The van der Waals surface area contributed by atoms with Crippen molar-refractivity contribution in [1.29, 1.82) is 0 Å². The van der Waals surface area contributed by atoms with Gasteiger partial charge in [0.15, 0.2) is 0 Å². The van der Waals surface area contributed by atoms with Gasteiger partial charge in [-0.1, -0.05) is 49.6 Å². The molecule has 0 bridgehead atoms. The first-order valence-corrected chi connectivity index (χ1v) is 12.2. The number of carbonyl (C=O) groups is 2. The molecule has 1 amide bonds. The molecular weight excluding hydrogens is 388 g/mol. The van der Waals surface area contributed by atoms with Crippen molar-refractivity contribution in [1.82, 2.24) is 10.2 Å². The molecular formula is C26H40N2O3. The van der Waals surface area contributed by atoms with Crippen molar-refractivity contribution >= 4 is 11.7 Å². The first-order chi connectivity index (χ1) is 15.1. The minimum absolute atomic E-state index is 0.158. The van der Waals surface area contributed by atoms with Crippen molar-refractivity contribution < 1.29 is 14.3 Å². The SMILES string of the molecule is CN[C@@H](C)C(=O)C[C@H](C(=O)N1CCCC1CCOCc1ccccc1)C1CCCCC1. The summed E-state index contributed by atoms with van der Waals surface area (Å²) in [7, 11) is 1.81. The molecule has 0 aromatic heterocycles. The number of hydrogen-bond donors (Lipinski definition) is 1. The molecule has 1 aliphatic carbocycles. The molecule has 1 saturated carbocycles. The summed E-state index contributed by atoms with van der Waals surface area (Å²) in [5.41, 5.74) is 1.18. The summed E-state index contributed by atoms with van der Waals surface area (Å²) < 4.78 is 5.90. The van der Waals surface area contributed by atoms with E-state index in [1.165, 1.54) is 24.8 Å². The van der Waals surface area contributed by atoms with E-state index in [-0.39, 0.29) is 29.7 Å². The number of hydrogen-bond acceptors (Lipinski definition) is 4. The Labute approximate surface area is 187 Å². The molecule has 0 radical (unpaired) electrons. The number of nitrogens with zero attached hydrogens (tertiary/aromatic N) is 1. The van der Waals surface area contributed by atoms with E-state index in [4.69, 9.17) is 4.74 Å². The Morgan fingerprint density at radius 3 is 2.55 bits per heavy atom. The van der Waals surface area contributed by atoms with Crippen molar-refractivity contribution in [2.75, 3.05) is 20.2 Å². The predicted octanol–water partition coefficient (Wildman–Crippen LogP) is 4.35. The topological polar surface area (TPSA) is 58.6 Å². The van der Waals surface area contributed by atoms with Crippen LogP contribution >= 0.6 is 0 Å². The lowest BCUT2D eigenvalue weighted by molar-refractivity contribution is -0.142. The molecule has 1 heterocycles. The average molecular weight is 429 g/mol. The highest BCUT2D eigenvalue weighted by Crippen LogP contribution is 2.35. The maximum absolute atomic E-state index is 13.7. The fourth-order valence-corrected chi connectivity index (χ4v) is 5.17. The van der Waals surface area contributed by atoms with Gasteiger partial charge in [0.05, 0.1) is 12.6 Å². The number of Topliss-reactive ketones (excluding diaryl/α,β-unsaturated/α-hetero) is 1. The van der Waals surface area contributed by atoms with Crippen LogP contribution in [-0.2, 0) is 20.9 Å². The Morgan fingerprint density at radius 1 is 1.10 bits per heavy atom. The lowest BCUT2D eigenvalue weighted by Gasteiger charge is -2.35. The number of rotatable bonds is 11. The smallest absolute Gasteiger partial charge is 0.226 e. The van der Waals surface area contributed by atoms with E-state index in [2.05, 4.69) is 22.3 Å². The number of nitrogens with one attached hydrogen (secondary N) is 1. The Bertz CT molecular complexity index is 687. The lowest BCUT2D eigenvalue weighted by Crippen LogP contribution is -2.45. The first-order valence-electron chi connectivity index (χ1n) is 12.2. The van der Waals surface area contributed by atoms with E-state index >= 15 is 0 Å². The van der Waals surface area contributed by atoms with Gasteiger partial charge in [0.1, 0.15) is 5.78 Å². The van der Waals surface area contributed by atoms with Gasteiger partial charge >= 0.3 is 0 Å². The van der Waals surface area contributed by atoms with Crippen LogP contribution in [0, 0.1) is 11.8 Å². The van der Waals surface area contributed by atoms with E-state index in [9.17, 15) is 9.59 Å². The number of carbonyl (C=O) groups excluding carboxylic acids is 2. The zero-order chi connectivity index (χ0) is 22.1. The molecule has 1 aromatic rings. The highest BCUT2D eigenvalue weighted by atomic mass is 16.5. The van der Waals surface area contributed by atoms with E-state index < -0.39 is 0 Å². The van der Waals surface area contributed by atoms with Gasteiger partial charge in [-0.05, 0) is 57.6 Å². The van der Waals surface area contributed by atoms with Crippen molar-refractivity contribution in [2.24, 2.45) is 11.8 Å². The van der Waals surface area contributed by atoms with E-state index in [0.29, 0.717) is 25.6 Å². The normalized spacial score (nSPS) is 21.7. The van der Waals surface area contributed by atoms with Crippen LogP contribution in [0.3, 0.4) is 0 Å². The molecule has 2 aliphatic rings. The molecule has 1 saturated heterocycles. The van der Waals surface area contributed by atoms with E-state index in [0.717, 1.165) is 38.6 Å². The molecule has 31 heavy (non-hydrogen) atoms. The highest BCUT2D eigenvalue weighted by molar-refractivity contribution is 5.90. The highest BCUT2D eigenvalue weighted by Gasteiger charge is 2.38. The van der Waals surface area contributed by atoms with Crippen LogP contribution in [0.25, 0.3) is 0 Å². The Morgan fingerprint density at radius 2 is 1.84 bits per heavy atom. The minimum Gasteiger partial charge on any atom is -0.377 e. The molecule has 172 valence electrons. The summed E-state index contributed by atoms with van der Waals surface area (Å²) in [5.74, 6) is 0.571. The Kier molecular flexibility index (Phi) is 9.54. The number of likely N-dealkylation sites (tertiary alicyclic amines) is 1. The molecule has 1 aliphatic heterocycles. The predicted molar refractivity (Wildman–Crippen MR) is 124 cm³/mol. The van der Waals surface area contributed by atoms with Gasteiger partial charge in [-0.25, -0.2) is 0 Å². The van der Waals surface area contributed by atoms with Crippen molar-refractivity contribution in [3.05, 3.63) is 35.9 Å². The first kappa shape index (κ1) is 23.9. The fourth-order valence-electron chi connectivity index (χ4n) is 5.17. The number of amides is 1. The van der Waals surface area contributed by atoms with Crippen LogP contribution in [0.5, 0.6) is 0 Å². The summed E-state index contributed by atoms with van der Waals surface area (Å²) >= 11 is 0. The summed E-state index contributed by atoms with van der Waals surface area (Å²) in [4.78, 5) is 28.5. The molecule has 3 atom stereocenters. The van der Waals surface area contributed by atoms with Gasteiger partial charge in [-0.15, -0.1) is 0 Å². The number of ether oxygens (including phenoxy) is 1. The number of benzene rings is 1. The Hall–Kier alpha value is -1.72. The zero-order valence-electron chi connectivity index (χ0n) is 19.4. The molecule has 1 unspecified atom stereocenters. The number of ketones is 1. The molecule has 5 nitrogen and oxygen atoms in total. The third kappa shape index (κ3) is 6.88. The second-order valence-corrected chi connectivity index (χ2v) is 9.34. The molecule has 0 spiro atoms. The van der Waals surface area contributed by atoms with Gasteiger partial charge in [-0.3, -0.25) is 9.59 Å². The van der Waals surface area contributed by atoms with Gasteiger partial charge in [0.25, 0.3) is 0 Å². The van der Waals surface area contributed by atoms with Gasteiger partial charge in [0, 0.05) is 31.5 Å². The van der Waals surface area contributed by atoms with Crippen LogP contribution in [0.15, 0.2) is 30.3 Å². The molecule has 2 fully saturated rings. The van der Waals surface area contributed by atoms with Crippen LogP contribution in [0.2, 0.25) is 0 Å². The second-order valence-electron chi connectivity index (χ2n) is 9.34. The average Bonchev–Trinajstić information content (AvgIpc) is 3.29. The Balaban J connectivity index is 1.58. The second kappa shape index (κ2) is 12.4. The number of likely N-dealkylation sites (N-methyl/N-ethyl adjacent to an activating group) is 1. The van der Waals surface area contributed by atoms with Crippen molar-refractivity contribution in [3.63, 3.8) is 0 Å². The van der Waals surface area contributed by atoms with Crippen molar-refractivity contribution in [2.45, 2.75) is 83.4 Å². The fraction of sp³-hybridized carbons (Fsp3) is 0.692. The monoisotopic (exact) mass is 428 g/mol. The van der Waals surface area contributed by atoms with Gasteiger partial charge in [0.2, 0.25) is 5.91 Å². The van der Waals surface area contributed by atoms with Crippen LogP contribution in [0.1, 0.15) is 70.3 Å². The molecule has 1 N–H and O–H groups in total. The van der Waals surface area contributed by atoms with Crippen LogP contribution in [0.4, 0.5) is 0 Å². The largest absolute Gasteiger partial charge is 0.377 e. The summed E-state index contributed by atoms with van der Waals surface area (Å²) in [5, 5.41) is 3.05. The molecule has 3 rings (SSSR count). The molecule has 5 heteroatoms. The maximum Gasteiger partial charge on any atom is 0.226 e.